The van der Waals surface area contributed by atoms with Crippen LogP contribution in [0.15, 0.2) is 47.6 Å². The molecule has 120 valence electrons. The van der Waals surface area contributed by atoms with Crippen molar-refractivity contribution >= 4 is 11.9 Å². The number of carbonyl (C=O) groups is 1. The Kier molecular flexibility index (Phi) is 7.25. The molecule has 0 aliphatic rings. The van der Waals surface area contributed by atoms with Gasteiger partial charge < -0.3 is 4.74 Å². The summed E-state index contributed by atoms with van der Waals surface area (Å²) in [6, 6.07) is 5.83. The first kappa shape index (κ1) is 18.7. The minimum Gasteiger partial charge on any atom is -0.377 e. The van der Waals surface area contributed by atoms with E-state index in [4.69, 9.17) is 11.2 Å². The number of ether oxygens (including phenoxy) is 1. The lowest BCUT2D eigenvalue weighted by atomic mass is 9.87. The number of aldehydes is 1. The third kappa shape index (κ3) is 4.55. The maximum Gasteiger partial charge on any atom is 0.146 e. The zero-order valence-electron chi connectivity index (χ0n) is 14.5. The molecule has 2 nitrogen and oxygen atoms in total. The van der Waals surface area contributed by atoms with Crippen LogP contribution < -0.4 is 0 Å². The average molecular weight is 308 g/mol. The van der Waals surface area contributed by atoms with E-state index in [9.17, 15) is 4.79 Å². The maximum absolute atomic E-state index is 11.5. The first-order chi connectivity index (χ1) is 11.0. The molecule has 0 spiro atoms. The molecule has 23 heavy (non-hydrogen) atoms. The third-order valence-corrected chi connectivity index (χ3v) is 3.79. The monoisotopic (exact) mass is 308 g/mol. The molecule has 0 bridgehead atoms. The SMILES string of the molecule is C#Cc1ccc(C)c(C(/C(=C/C=C\C)C(C)OC)=C(\C)C=O)c1. The summed E-state index contributed by atoms with van der Waals surface area (Å²) in [5.74, 6) is 2.66. The number of benzene rings is 1. The molecular formula is C21H24O2. The van der Waals surface area contributed by atoms with Crippen molar-refractivity contribution in [2.45, 2.75) is 33.8 Å². The molecule has 1 aromatic rings. The average Bonchev–Trinajstić information content (AvgIpc) is 2.58. The van der Waals surface area contributed by atoms with E-state index in [0.717, 1.165) is 34.1 Å². The normalized spacial score (nSPS) is 14.3. The van der Waals surface area contributed by atoms with Crippen molar-refractivity contribution in [2.75, 3.05) is 7.11 Å². The fourth-order valence-corrected chi connectivity index (χ4v) is 2.38. The Morgan fingerprint density at radius 1 is 1.39 bits per heavy atom. The lowest BCUT2D eigenvalue weighted by Gasteiger charge is -2.21. The smallest absolute Gasteiger partial charge is 0.146 e. The van der Waals surface area contributed by atoms with E-state index >= 15 is 0 Å². The van der Waals surface area contributed by atoms with Gasteiger partial charge in [0.2, 0.25) is 0 Å². The van der Waals surface area contributed by atoms with E-state index < -0.39 is 0 Å². The van der Waals surface area contributed by atoms with E-state index in [1.807, 2.05) is 64.1 Å². The second-order valence-electron chi connectivity index (χ2n) is 5.38. The number of aryl methyl sites for hydroxylation is 1. The van der Waals surface area contributed by atoms with E-state index in [1.54, 1.807) is 7.11 Å². The minimum atomic E-state index is -0.148. The highest BCUT2D eigenvalue weighted by Crippen LogP contribution is 2.32. The fraction of sp³-hybridized carbons (Fsp3) is 0.286. The number of hydrogen-bond donors (Lipinski definition) is 0. The highest BCUT2D eigenvalue weighted by molar-refractivity contribution is 5.95. The number of hydrogen-bond acceptors (Lipinski definition) is 2. The van der Waals surface area contributed by atoms with Crippen LogP contribution in [-0.4, -0.2) is 19.5 Å². The maximum atomic E-state index is 11.5. The lowest BCUT2D eigenvalue weighted by Crippen LogP contribution is -2.12. The summed E-state index contributed by atoms with van der Waals surface area (Å²) in [6.07, 6.45) is 12.1. The summed E-state index contributed by atoms with van der Waals surface area (Å²) in [4.78, 5) is 11.5. The standard InChI is InChI=1S/C21H24O2/c1-7-9-10-19(17(5)23-6)21(16(4)14-22)20-13-18(8-2)12-11-15(20)3/h2,7,9-14,17H,1,3-6H3/b9-7-,19-10+,21-16+. The lowest BCUT2D eigenvalue weighted by molar-refractivity contribution is -0.104. The molecule has 0 saturated carbocycles. The van der Waals surface area contributed by atoms with Crippen LogP contribution in [0.1, 0.15) is 37.5 Å². The number of carbonyl (C=O) groups excluding carboxylic acids is 1. The molecule has 2 heteroatoms. The van der Waals surface area contributed by atoms with Gasteiger partial charge in [0.25, 0.3) is 0 Å². The van der Waals surface area contributed by atoms with Gasteiger partial charge in [-0.3, -0.25) is 4.79 Å². The largest absolute Gasteiger partial charge is 0.377 e. The van der Waals surface area contributed by atoms with Gasteiger partial charge >= 0.3 is 0 Å². The van der Waals surface area contributed by atoms with Crippen LogP contribution in [0.5, 0.6) is 0 Å². The predicted molar refractivity (Wildman–Crippen MR) is 97.1 cm³/mol. The Morgan fingerprint density at radius 2 is 2.09 bits per heavy atom. The Balaban J connectivity index is 3.71. The summed E-state index contributed by atoms with van der Waals surface area (Å²) < 4.78 is 5.51. The van der Waals surface area contributed by atoms with Crippen LogP contribution in [0.2, 0.25) is 0 Å². The van der Waals surface area contributed by atoms with Gasteiger partial charge in [-0.25, -0.2) is 0 Å². The zero-order chi connectivity index (χ0) is 17.4. The van der Waals surface area contributed by atoms with Gasteiger partial charge in [0.15, 0.2) is 0 Å². The first-order valence-corrected chi connectivity index (χ1v) is 7.59. The van der Waals surface area contributed by atoms with E-state index in [0.29, 0.717) is 5.57 Å². The molecule has 1 atom stereocenters. The highest BCUT2D eigenvalue weighted by Gasteiger charge is 2.18. The second-order valence-corrected chi connectivity index (χ2v) is 5.38. The molecular weight excluding hydrogens is 284 g/mol. The third-order valence-electron chi connectivity index (χ3n) is 3.79. The van der Waals surface area contributed by atoms with Gasteiger partial charge in [-0.05, 0) is 67.7 Å². The summed E-state index contributed by atoms with van der Waals surface area (Å²) in [7, 11) is 1.66. The summed E-state index contributed by atoms with van der Waals surface area (Å²) >= 11 is 0. The number of methoxy groups -OCH3 is 1. The first-order valence-electron chi connectivity index (χ1n) is 7.59. The van der Waals surface area contributed by atoms with Crippen LogP contribution in [0.3, 0.4) is 0 Å². The number of allylic oxidation sites excluding steroid dienone is 4. The molecule has 0 radical (unpaired) electrons. The van der Waals surface area contributed by atoms with Gasteiger partial charge in [0.05, 0.1) is 6.10 Å². The Hall–Kier alpha value is -2.37. The van der Waals surface area contributed by atoms with Crippen LogP contribution in [0.25, 0.3) is 5.57 Å². The molecule has 0 aliphatic heterocycles. The Morgan fingerprint density at radius 3 is 2.61 bits per heavy atom. The van der Waals surface area contributed by atoms with Crippen molar-refractivity contribution in [3.05, 3.63) is 64.3 Å². The van der Waals surface area contributed by atoms with Gasteiger partial charge in [-0.1, -0.05) is 30.2 Å². The Bertz CT molecular complexity index is 697. The Labute approximate surface area is 139 Å². The second kappa shape index (κ2) is 8.92. The number of terminal acetylenes is 1. The van der Waals surface area contributed by atoms with Crippen LogP contribution in [-0.2, 0) is 9.53 Å². The highest BCUT2D eigenvalue weighted by atomic mass is 16.5. The molecule has 0 fully saturated rings. The van der Waals surface area contributed by atoms with Gasteiger partial charge in [0.1, 0.15) is 6.29 Å². The van der Waals surface area contributed by atoms with Crippen molar-refractivity contribution in [3.63, 3.8) is 0 Å². The molecule has 0 saturated heterocycles. The molecule has 0 amide bonds. The van der Waals surface area contributed by atoms with Crippen molar-refractivity contribution in [3.8, 4) is 12.3 Å². The molecule has 0 heterocycles. The van der Waals surface area contributed by atoms with E-state index in [-0.39, 0.29) is 6.10 Å². The molecule has 1 rings (SSSR count). The summed E-state index contributed by atoms with van der Waals surface area (Å²) in [6.45, 7) is 7.74. The van der Waals surface area contributed by atoms with E-state index in [1.165, 1.54) is 0 Å². The van der Waals surface area contributed by atoms with Crippen LogP contribution >= 0.6 is 0 Å². The number of rotatable bonds is 6. The van der Waals surface area contributed by atoms with Gasteiger partial charge in [0, 0.05) is 12.7 Å². The zero-order valence-corrected chi connectivity index (χ0v) is 14.5. The summed E-state index contributed by atoms with van der Waals surface area (Å²) in [5, 5.41) is 0. The summed E-state index contributed by atoms with van der Waals surface area (Å²) in [5.41, 5.74) is 5.30. The van der Waals surface area contributed by atoms with Crippen molar-refractivity contribution in [2.24, 2.45) is 0 Å². The molecule has 0 aromatic heterocycles. The van der Waals surface area contributed by atoms with Gasteiger partial charge in [-0.2, -0.15) is 0 Å². The predicted octanol–water partition coefficient (Wildman–Crippen LogP) is 4.49. The van der Waals surface area contributed by atoms with Crippen molar-refractivity contribution in [1.29, 1.82) is 0 Å². The fourth-order valence-electron chi connectivity index (χ4n) is 2.38. The van der Waals surface area contributed by atoms with E-state index in [2.05, 4.69) is 5.92 Å². The van der Waals surface area contributed by atoms with Crippen molar-refractivity contribution in [1.82, 2.24) is 0 Å². The van der Waals surface area contributed by atoms with Crippen LogP contribution in [0.4, 0.5) is 0 Å². The van der Waals surface area contributed by atoms with Crippen LogP contribution in [0, 0.1) is 19.3 Å². The van der Waals surface area contributed by atoms with Crippen molar-refractivity contribution < 1.29 is 9.53 Å². The quantitative estimate of drug-likeness (QED) is 0.335. The van der Waals surface area contributed by atoms with Gasteiger partial charge in [-0.15, -0.1) is 6.42 Å². The minimum absolute atomic E-state index is 0.148. The topological polar surface area (TPSA) is 26.3 Å². The molecule has 1 aromatic carbocycles. The molecule has 1 unspecified atom stereocenters. The molecule has 0 aliphatic carbocycles. The molecule has 0 N–H and O–H groups in total.